The number of benzene rings is 1. The fraction of sp³-hybridized carbons (Fsp3) is 0.227. The van der Waals surface area contributed by atoms with Gasteiger partial charge in [-0.25, -0.2) is 0 Å². The third-order valence-corrected chi connectivity index (χ3v) is 5.29. The molecule has 0 aliphatic carbocycles. The van der Waals surface area contributed by atoms with Crippen LogP contribution in [0.25, 0.3) is 28.2 Å². The van der Waals surface area contributed by atoms with Gasteiger partial charge in [-0.1, -0.05) is 0 Å². The number of carbonyl (C=O) groups is 2. The molecule has 1 aliphatic heterocycles. The van der Waals surface area contributed by atoms with Gasteiger partial charge in [0.2, 0.25) is 0 Å². The minimum absolute atomic E-state index is 0.0987. The maximum absolute atomic E-state index is 11.8. The van der Waals surface area contributed by atoms with Crippen LogP contribution in [0.1, 0.15) is 30.7 Å². The van der Waals surface area contributed by atoms with E-state index in [0.29, 0.717) is 16.2 Å². The Hall–Kier alpha value is -3.06. The molecule has 2 aromatic heterocycles. The first-order valence-corrected chi connectivity index (χ1v) is 10.0. The maximum Gasteiger partial charge on any atom is 0.290 e. The van der Waals surface area contributed by atoms with Crippen LogP contribution in [0.3, 0.4) is 0 Å². The third kappa shape index (κ3) is 3.78. The predicted octanol–water partition coefficient (Wildman–Crippen LogP) is 5.22. The zero-order valence-corrected chi connectivity index (χ0v) is 17.3. The molecule has 3 heterocycles. The van der Waals surface area contributed by atoms with Crippen LogP contribution in [0.4, 0.5) is 4.79 Å². The second-order valence-electron chi connectivity index (χ2n) is 7.21. The Morgan fingerprint density at radius 3 is 2.48 bits per heavy atom. The fourth-order valence-corrected chi connectivity index (χ4v) is 4.00. The van der Waals surface area contributed by atoms with E-state index < -0.39 is 5.91 Å². The van der Waals surface area contributed by atoms with Crippen molar-refractivity contribution in [1.82, 2.24) is 10.3 Å². The number of imide groups is 1. The molecular formula is C22H20N2O4S. The van der Waals surface area contributed by atoms with Crippen LogP contribution in [0.15, 0.2) is 39.9 Å². The quantitative estimate of drug-likeness (QED) is 0.596. The first-order chi connectivity index (χ1) is 13.8. The van der Waals surface area contributed by atoms with Crippen LogP contribution in [-0.4, -0.2) is 22.2 Å². The van der Waals surface area contributed by atoms with Gasteiger partial charge in [0.05, 0.1) is 11.0 Å². The van der Waals surface area contributed by atoms with Crippen molar-refractivity contribution in [3.05, 3.63) is 52.4 Å². The largest absolute Gasteiger partial charge is 0.490 e. The van der Waals surface area contributed by atoms with Crippen molar-refractivity contribution in [3.63, 3.8) is 0 Å². The number of aromatic nitrogens is 1. The maximum atomic E-state index is 11.8. The Bertz CT molecular complexity index is 1150. The molecule has 0 unspecified atom stereocenters. The number of hydrogen-bond donors (Lipinski definition) is 1. The highest BCUT2D eigenvalue weighted by atomic mass is 32.2. The molecule has 6 nitrogen and oxygen atoms in total. The second kappa shape index (κ2) is 7.40. The van der Waals surface area contributed by atoms with E-state index in [-0.39, 0.29) is 11.3 Å². The molecule has 0 atom stereocenters. The number of ether oxygens (including phenoxy) is 1. The lowest BCUT2D eigenvalue weighted by Crippen LogP contribution is -2.17. The lowest BCUT2D eigenvalue weighted by molar-refractivity contribution is -0.115. The van der Waals surface area contributed by atoms with E-state index in [1.807, 2.05) is 33.8 Å². The van der Waals surface area contributed by atoms with E-state index >= 15 is 0 Å². The Morgan fingerprint density at radius 1 is 1.14 bits per heavy atom. The highest BCUT2D eigenvalue weighted by Gasteiger charge is 2.25. The fourth-order valence-electron chi connectivity index (χ4n) is 3.34. The van der Waals surface area contributed by atoms with E-state index in [9.17, 15) is 9.59 Å². The standard InChI is InChI=1S/C22H20N2O4S/c1-11(2)27-19-12(3)5-14(6-13(19)4)17-10-23-9-15-7-16(28-20(15)17)8-18-21(25)24-22(26)29-18/h5-11H,1-4H3,(H,24,25,26)/b18-8+. The molecule has 148 valence electrons. The van der Waals surface area contributed by atoms with Gasteiger partial charge < -0.3 is 9.15 Å². The van der Waals surface area contributed by atoms with Gasteiger partial charge in [0.15, 0.2) is 0 Å². The highest BCUT2D eigenvalue weighted by Crippen LogP contribution is 2.36. The zero-order chi connectivity index (χ0) is 20.7. The SMILES string of the molecule is Cc1cc(-c2cncc3cc(/C=C4/SC(=O)NC4=O)oc23)cc(C)c1OC(C)C. The first-order valence-electron chi connectivity index (χ1n) is 9.22. The molecule has 0 saturated carbocycles. The van der Waals surface area contributed by atoms with Crippen molar-refractivity contribution < 1.29 is 18.7 Å². The highest BCUT2D eigenvalue weighted by molar-refractivity contribution is 8.18. The summed E-state index contributed by atoms with van der Waals surface area (Å²) in [4.78, 5) is 27.8. The Kier molecular flexibility index (Phi) is 4.92. The van der Waals surface area contributed by atoms with Gasteiger partial charge in [0, 0.05) is 29.4 Å². The van der Waals surface area contributed by atoms with Crippen molar-refractivity contribution in [2.24, 2.45) is 0 Å². The molecule has 7 heteroatoms. The van der Waals surface area contributed by atoms with E-state index in [2.05, 4.69) is 22.4 Å². The molecule has 0 bridgehead atoms. The molecule has 1 fully saturated rings. The van der Waals surface area contributed by atoms with Gasteiger partial charge in [0.1, 0.15) is 17.1 Å². The summed E-state index contributed by atoms with van der Waals surface area (Å²) in [6.07, 6.45) is 5.15. The molecule has 1 aliphatic rings. The topological polar surface area (TPSA) is 81.4 Å². The number of aryl methyl sites for hydroxylation is 2. The van der Waals surface area contributed by atoms with Crippen LogP contribution >= 0.6 is 11.8 Å². The molecule has 2 amide bonds. The summed E-state index contributed by atoms with van der Waals surface area (Å²) in [7, 11) is 0. The number of rotatable bonds is 4. The van der Waals surface area contributed by atoms with Crippen molar-refractivity contribution in [3.8, 4) is 16.9 Å². The number of nitrogens with zero attached hydrogens (tertiary/aromatic N) is 1. The number of hydrogen-bond acceptors (Lipinski definition) is 6. The average molecular weight is 408 g/mol. The van der Waals surface area contributed by atoms with E-state index in [1.54, 1.807) is 18.5 Å². The van der Waals surface area contributed by atoms with Crippen molar-refractivity contribution >= 4 is 40.0 Å². The molecule has 1 aromatic carbocycles. The minimum Gasteiger partial charge on any atom is -0.490 e. The number of thioether (sulfide) groups is 1. The number of carbonyl (C=O) groups excluding carboxylic acids is 2. The number of pyridine rings is 1. The van der Waals surface area contributed by atoms with Gasteiger partial charge in [-0.2, -0.15) is 0 Å². The summed E-state index contributed by atoms with van der Waals surface area (Å²) in [5.74, 6) is 0.975. The summed E-state index contributed by atoms with van der Waals surface area (Å²) in [5.41, 5.74) is 4.59. The minimum atomic E-state index is -0.411. The Morgan fingerprint density at radius 2 is 1.86 bits per heavy atom. The second-order valence-corrected chi connectivity index (χ2v) is 8.23. The van der Waals surface area contributed by atoms with Crippen molar-refractivity contribution in [2.45, 2.75) is 33.8 Å². The van der Waals surface area contributed by atoms with Gasteiger partial charge >= 0.3 is 0 Å². The molecule has 1 saturated heterocycles. The monoisotopic (exact) mass is 408 g/mol. The van der Waals surface area contributed by atoms with Crippen LogP contribution in [-0.2, 0) is 4.79 Å². The number of amides is 2. The zero-order valence-electron chi connectivity index (χ0n) is 16.5. The molecule has 0 spiro atoms. The molecule has 1 N–H and O–H groups in total. The summed E-state index contributed by atoms with van der Waals surface area (Å²) in [6, 6.07) is 5.92. The summed E-state index contributed by atoms with van der Waals surface area (Å²) < 4.78 is 12.0. The number of furan rings is 1. The Balaban J connectivity index is 1.78. The molecule has 3 aromatic rings. The average Bonchev–Trinajstić information content (AvgIpc) is 3.19. The molecular weight excluding hydrogens is 388 g/mol. The first kappa shape index (κ1) is 19.3. The Labute approximate surface area is 172 Å². The predicted molar refractivity (Wildman–Crippen MR) is 114 cm³/mol. The number of nitrogens with one attached hydrogen (secondary N) is 1. The van der Waals surface area contributed by atoms with Crippen molar-refractivity contribution in [1.29, 1.82) is 0 Å². The van der Waals surface area contributed by atoms with Crippen molar-refractivity contribution in [2.75, 3.05) is 0 Å². The van der Waals surface area contributed by atoms with Gasteiger partial charge in [-0.15, -0.1) is 0 Å². The summed E-state index contributed by atoms with van der Waals surface area (Å²) in [6.45, 7) is 8.05. The summed E-state index contributed by atoms with van der Waals surface area (Å²) >= 11 is 0.861. The van der Waals surface area contributed by atoms with Gasteiger partial charge in [-0.05, 0) is 74.3 Å². The van der Waals surface area contributed by atoms with E-state index in [1.165, 1.54) is 0 Å². The molecule has 29 heavy (non-hydrogen) atoms. The van der Waals surface area contributed by atoms with Crippen LogP contribution < -0.4 is 10.1 Å². The van der Waals surface area contributed by atoms with E-state index in [0.717, 1.165) is 45.2 Å². The van der Waals surface area contributed by atoms with Crippen LogP contribution in [0.2, 0.25) is 0 Å². The van der Waals surface area contributed by atoms with Crippen LogP contribution in [0, 0.1) is 13.8 Å². The lowest BCUT2D eigenvalue weighted by Gasteiger charge is -2.16. The third-order valence-electron chi connectivity index (χ3n) is 4.48. The molecule has 4 rings (SSSR count). The number of fused-ring (bicyclic) bond motifs is 1. The molecule has 0 radical (unpaired) electrons. The van der Waals surface area contributed by atoms with Gasteiger partial charge in [-0.3, -0.25) is 19.9 Å². The normalized spacial score (nSPS) is 15.6. The van der Waals surface area contributed by atoms with Gasteiger partial charge in [0.25, 0.3) is 11.1 Å². The van der Waals surface area contributed by atoms with E-state index in [4.69, 9.17) is 9.15 Å². The smallest absolute Gasteiger partial charge is 0.290 e. The lowest BCUT2D eigenvalue weighted by atomic mass is 10.00. The van der Waals surface area contributed by atoms with Crippen LogP contribution in [0.5, 0.6) is 5.75 Å². The summed E-state index contributed by atoms with van der Waals surface area (Å²) in [5, 5.41) is 2.68.